The normalized spacial score (nSPS) is 43.0. The number of alkyl carbamates (subject to hydrolysis) is 1. The number of methoxy groups -OCH3 is 1. The first-order valence-electron chi connectivity index (χ1n) is 14.9. The van der Waals surface area contributed by atoms with Gasteiger partial charge in [0.05, 0.1) is 12.9 Å². The number of carbonyl (C=O) groups is 2. The van der Waals surface area contributed by atoms with Gasteiger partial charge in [-0.1, -0.05) is 20.8 Å². The number of fused-ring (bicyclic) bond motifs is 7. The fourth-order valence-corrected chi connectivity index (χ4v) is 9.95. The van der Waals surface area contributed by atoms with Crippen molar-refractivity contribution in [1.82, 2.24) is 5.32 Å². The Kier molecular flexibility index (Phi) is 7.34. The molecule has 10 atom stereocenters. The predicted octanol–water partition coefficient (Wildman–Crippen LogP) is 6.63. The molecule has 0 spiro atoms. The molecule has 1 amide bonds. The minimum Gasteiger partial charge on any atom is -0.494 e. The highest BCUT2D eigenvalue weighted by Gasteiger charge is 2.64. The molecule has 6 heteroatoms. The van der Waals surface area contributed by atoms with Crippen molar-refractivity contribution in [2.45, 2.75) is 111 Å². The molecule has 0 aromatic heterocycles. The third-order valence-corrected chi connectivity index (χ3v) is 11.8. The van der Waals surface area contributed by atoms with Crippen molar-refractivity contribution in [2.75, 3.05) is 13.7 Å². The minimum atomic E-state index is -0.358. The summed E-state index contributed by atoms with van der Waals surface area (Å²) >= 11 is 0. The molecule has 4 saturated carbocycles. The van der Waals surface area contributed by atoms with E-state index in [1.807, 2.05) is 0 Å². The number of rotatable bonds is 6. The Morgan fingerprint density at radius 2 is 1.84 bits per heavy atom. The van der Waals surface area contributed by atoms with Crippen molar-refractivity contribution in [3.8, 4) is 0 Å². The van der Waals surface area contributed by atoms with E-state index in [-0.39, 0.29) is 18.2 Å². The van der Waals surface area contributed by atoms with Crippen molar-refractivity contribution in [1.29, 1.82) is 0 Å². The zero-order valence-electron chi connectivity index (χ0n) is 23.9. The molecule has 4 aliphatic carbocycles. The van der Waals surface area contributed by atoms with Crippen molar-refractivity contribution in [2.24, 2.45) is 46.3 Å². The van der Waals surface area contributed by atoms with Gasteiger partial charge in [0.25, 0.3) is 0 Å². The Hall–Kier alpha value is -1.72. The number of esters is 1. The first-order chi connectivity index (χ1) is 17.6. The smallest absolute Gasteiger partial charge is 0.406 e. The van der Waals surface area contributed by atoms with E-state index >= 15 is 0 Å². The van der Waals surface area contributed by atoms with Crippen LogP contribution in [0.1, 0.15) is 98.8 Å². The summed E-state index contributed by atoms with van der Waals surface area (Å²) in [6, 6.07) is 0. The Morgan fingerprint density at radius 3 is 2.57 bits per heavy atom. The van der Waals surface area contributed by atoms with Crippen molar-refractivity contribution in [3.63, 3.8) is 0 Å². The van der Waals surface area contributed by atoms with E-state index in [1.54, 1.807) is 6.92 Å². The first kappa shape index (κ1) is 26.9. The third-order valence-electron chi connectivity index (χ3n) is 11.8. The number of ether oxygens (including phenoxy) is 3. The monoisotopic (exact) mass is 515 g/mol. The molecule has 4 fully saturated rings. The quantitative estimate of drug-likeness (QED) is 0.402. The van der Waals surface area contributed by atoms with E-state index in [0.29, 0.717) is 41.2 Å². The lowest BCUT2D eigenvalue weighted by molar-refractivity contribution is -0.159. The van der Waals surface area contributed by atoms with Gasteiger partial charge in [0.1, 0.15) is 12.2 Å². The van der Waals surface area contributed by atoms with Gasteiger partial charge in [-0.3, -0.25) is 4.79 Å². The standard InChI is InChI=1S/C31H49NO5/c1-18(17-32-29(34)35-6)7-10-26-19(2)28-27(37-26)16-25-23-9-8-21-15-22(36-20(3)33)11-13-30(21,4)24(23)12-14-31(25,28)5/h18,21-25,27-28H,7-17H2,1-6H3,(H,32,34)/t18-,21-,22-,23+,24-,25-,27-,28-,30-,31-/m0/s1. The minimum absolute atomic E-state index is 0.122. The van der Waals surface area contributed by atoms with E-state index in [0.717, 1.165) is 43.4 Å². The lowest BCUT2D eigenvalue weighted by Gasteiger charge is -2.61. The van der Waals surface area contributed by atoms with Crippen LogP contribution in [0.2, 0.25) is 0 Å². The summed E-state index contributed by atoms with van der Waals surface area (Å²) in [5, 5.41) is 2.82. The summed E-state index contributed by atoms with van der Waals surface area (Å²) in [6.45, 7) is 11.9. The molecule has 5 aliphatic rings. The lowest BCUT2D eigenvalue weighted by Crippen LogP contribution is -2.54. The first-order valence-corrected chi connectivity index (χ1v) is 14.9. The Morgan fingerprint density at radius 1 is 1.08 bits per heavy atom. The van der Waals surface area contributed by atoms with Gasteiger partial charge in [-0.05, 0) is 111 Å². The molecular weight excluding hydrogens is 466 g/mol. The van der Waals surface area contributed by atoms with E-state index in [4.69, 9.17) is 14.2 Å². The Labute approximate surface area is 223 Å². The van der Waals surface area contributed by atoms with Crippen molar-refractivity contribution >= 4 is 12.1 Å². The van der Waals surface area contributed by atoms with E-state index in [2.05, 4.69) is 33.0 Å². The molecule has 37 heavy (non-hydrogen) atoms. The molecule has 0 radical (unpaired) electrons. The van der Waals surface area contributed by atoms with Gasteiger partial charge in [-0.25, -0.2) is 4.79 Å². The third kappa shape index (κ3) is 4.69. The second-order valence-corrected chi connectivity index (χ2v) is 13.7. The molecule has 0 aromatic carbocycles. The Bertz CT molecular complexity index is 931. The molecule has 208 valence electrons. The molecule has 6 nitrogen and oxygen atoms in total. The number of hydrogen-bond acceptors (Lipinski definition) is 5. The average Bonchev–Trinajstić information content (AvgIpc) is 3.34. The van der Waals surface area contributed by atoms with Crippen LogP contribution in [0.4, 0.5) is 4.79 Å². The maximum atomic E-state index is 11.6. The highest BCUT2D eigenvalue weighted by Crippen LogP contribution is 2.69. The van der Waals surface area contributed by atoms with Crippen LogP contribution in [-0.4, -0.2) is 37.9 Å². The van der Waals surface area contributed by atoms with E-state index in [9.17, 15) is 9.59 Å². The van der Waals surface area contributed by atoms with Crippen LogP contribution in [-0.2, 0) is 19.0 Å². The van der Waals surface area contributed by atoms with Gasteiger partial charge in [0.15, 0.2) is 0 Å². The molecule has 0 aromatic rings. The van der Waals surface area contributed by atoms with Gasteiger partial charge in [0, 0.05) is 25.8 Å². The summed E-state index contributed by atoms with van der Waals surface area (Å²) in [4.78, 5) is 23.0. The fourth-order valence-electron chi connectivity index (χ4n) is 9.95. The lowest BCUT2D eigenvalue weighted by atomic mass is 9.44. The molecular formula is C31H49NO5. The van der Waals surface area contributed by atoms with Crippen LogP contribution in [0.15, 0.2) is 11.3 Å². The topological polar surface area (TPSA) is 73.9 Å². The second kappa shape index (κ2) is 10.1. The van der Waals surface area contributed by atoms with Gasteiger partial charge in [-0.15, -0.1) is 0 Å². The maximum absolute atomic E-state index is 11.6. The van der Waals surface area contributed by atoms with Crippen LogP contribution in [0.3, 0.4) is 0 Å². The van der Waals surface area contributed by atoms with E-state index < -0.39 is 0 Å². The summed E-state index contributed by atoms with van der Waals surface area (Å²) in [5.41, 5.74) is 2.24. The zero-order chi connectivity index (χ0) is 26.5. The summed E-state index contributed by atoms with van der Waals surface area (Å²) in [7, 11) is 1.41. The molecule has 1 N–H and O–H groups in total. The van der Waals surface area contributed by atoms with Crippen molar-refractivity contribution < 1.29 is 23.8 Å². The molecule has 0 unspecified atom stereocenters. The number of carbonyl (C=O) groups excluding carboxylic acids is 2. The van der Waals surface area contributed by atoms with Gasteiger partial charge in [0.2, 0.25) is 0 Å². The molecule has 1 aliphatic heterocycles. The van der Waals surface area contributed by atoms with Crippen LogP contribution in [0, 0.1) is 46.3 Å². The number of nitrogens with one attached hydrogen (secondary N) is 1. The largest absolute Gasteiger partial charge is 0.494 e. The molecule has 0 saturated heterocycles. The van der Waals surface area contributed by atoms with Gasteiger partial charge < -0.3 is 19.5 Å². The van der Waals surface area contributed by atoms with Crippen LogP contribution in [0.5, 0.6) is 0 Å². The predicted molar refractivity (Wildman–Crippen MR) is 143 cm³/mol. The summed E-state index contributed by atoms with van der Waals surface area (Å²) in [6.07, 6.45) is 11.9. The van der Waals surface area contributed by atoms with Crippen LogP contribution >= 0.6 is 0 Å². The molecule has 5 rings (SSSR count). The summed E-state index contributed by atoms with van der Waals surface area (Å²) < 4.78 is 17.1. The zero-order valence-corrected chi connectivity index (χ0v) is 23.9. The van der Waals surface area contributed by atoms with Crippen molar-refractivity contribution in [3.05, 3.63) is 11.3 Å². The van der Waals surface area contributed by atoms with Gasteiger partial charge >= 0.3 is 12.1 Å². The SMILES string of the molecule is COC(=O)NC[C@@H](C)CCC1=C(C)[C@H]2[C@H](C[C@H]3[C@@H]4CC[C@H]5C[C@@H](OC(C)=O)CC[C@]5(C)[C@H]4CC[C@@]32C)O1. The number of amides is 1. The Balaban J connectivity index is 1.24. The van der Waals surface area contributed by atoms with Crippen LogP contribution in [0.25, 0.3) is 0 Å². The molecule has 1 heterocycles. The highest BCUT2D eigenvalue weighted by atomic mass is 16.5. The maximum Gasteiger partial charge on any atom is 0.406 e. The van der Waals surface area contributed by atoms with Gasteiger partial charge in [-0.2, -0.15) is 0 Å². The average molecular weight is 516 g/mol. The van der Waals surface area contributed by atoms with Crippen LogP contribution < -0.4 is 5.32 Å². The highest BCUT2D eigenvalue weighted by molar-refractivity contribution is 5.66. The molecule has 0 bridgehead atoms. The number of allylic oxidation sites excluding steroid dienone is 1. The number of hydrogen-bond donors (Lipinski definition) is 1. The summed E-state index contributed by atoms with van der Waals surface area (Å²) in [5.74, 6) is 5.09. The fraction of sp³-hybridized carbons (Fsp3) is 0.871. The van der Waals surface area contributed by atoms with E-state index in [1.165, 1.54) is 57.0 Å². The second-order valence-electron chi connectivity index (χ2n) is 13.7.